The van der Waals surface area contributed by atoms with Crippen LogP contribution < -0.4 is 0 Å². The molecule has 0 spiro atoms. The van der Waals surface area contributed by atoms with Crippen LogP contribution in [-0.2, 0) is 53.2 Å². The first-order chi connectivity index (χ1) is 18.3. The molecule has 0 aliphatic heterocycles. The molecule has 0 fully saturated rings. The lowest BCUT2D eigenvalue weighted by molar-refractivity contribution is -0.156. The summed E-state index contributed by atoms with van der Waals surface area (Å²) >= 11 is 0. The minimum absolute atomic E-state index is 0.0769. The minimum atomic E-state index is -3.89. The number of ether oxygens (including phenoxy) is 3. The summed E-state index contributed by atoms with van der Waals surface area (Å²) in [5, 5.41) is 3.96. The van der Waals surface area contributed by atoms with Gasteiger partial charge < -0.3 is 19.0 Å². The van der Waals surface area contributed by atoms with Gasteiger partial charge in [0.25, 0.3) is 10.1 Å². The lowest BCUT2D eigenvalue weighted by atomic mass is 9.95. The molecule has 0 N–H and O–H groups in total. The van der Waals surface area contributed by atoms with E-state index in [0.29, 0.717) is 0 Å². The maximum absolute atomic E-state index is 12.3. The summed E-state index contributed by atoms with van der Waals surface area (Å²) in [5.41, 5.74) is 1.50. The van der Waals surface area contributed by atoms with E-state index in [9.17, 15) is 8.42 Å². The number of nitrogens with zero attached hydrogens (tertiary/aromatic N) is 1. The van der Waals surface area contributed by atoms with Gasteiger partial charge in [0.2, 0.25) is 0 Å². The summed E-state index contributed by atoms with van der Waals surface area (Å²) in [6.45, 7) is 2.34. The quantitative estimate of drug-likeness (QED) is 0.147. The third-order valence-corrected chi connectivity index (χ3v) is 6.27. The molecular weight excluding hydrogens is 506 g/mol. The lowest BCUT2D eigenvalue weighted by Gasteiger charge is -2.38. The van der Waals surface area contributed by atoms with E-state index in [1.54, 1.807) is 6.92 Å². The molecule has 9 heteroatoms. The molecule has 3 rings (SSSR count). The Hall–Kier alpha value is -3.08. The zero-order valence-electron chi connectivity index (χ0n) is 21.9. The van der Waals surface area contributed by atoms with E-state index in [2.05, 4.69) is 5.16 Å². The van der Waals surface area contributed by atoms with Crippen LogP contribution in [0.1, 0.15) is 23.6 Å². The monoisotopic (exact) mass is 541 g/mol. The van der Waals surface area contributed by atoms with Gasteiger partial charge in [-0.15, -0.1) is 0 Å². The number of rotatable bonds is 16. The summed E-state index contributed by atoms with van der Waals surface area (Å²) in [6.07, 6.45) is 0.454. The van der Waals surface area contributed by atoms with Crippen LogP contribution in [0, 0.1) is 0 Å². The summed E-state index contributed by atoms with van der Waals surface area (Å²) in [4.78, 5) is 4.97. The largest absolute Gasteiger partial charge is 0.399 e. The number of benzene rings is 3. The van der Waals surface area contributed by atoms with Crippen molar-refractivity contribution in [2.24, 2.45) is 5.16 Å². The third-order valence-electron chi connectivity index (χ3n) is 5.67. The van der Waals surface area contributed by atoms with E-state index in [1.165, 1.54) is 13.3 Å². The highest BCUT2D eigenvalue weighted by molar-refractivity contribution is 7.86. The molecule has 3 aromatic carbocycles. The van der Waals surface area contributed by atoms with Crippen molar-refractivity contribution in [1.29, 1.82) is 0 Å². The molecule has 0 unspecified atom stereocenters. The van der Waals surface area contributed by atoms with Gasteiger partial charge in [0.1, 0.15) is 24.9 Å². The summed E-state index contributed by atoms with van der Waals surface area (Å²) in [7, 11) is -2.47. The standard InChI is InChI=1S/C29H35NO7S/c1-29(23-30-33-2,36-21-26-17-11-6-12-18-26)28(35-20-25-15-9-5-10-16-25)27(37-38(3,31)32)22-34-19-24-13-7-4-8-14-24/h4-18,23,27-28H,19-22H2,1-3H3/t27-,28-,29+/m1/s1. The normalized spacial score (nSPS) is 15.1. The lowest BCUT2D eigenvalue weighted by Crippen LogP contribution is -2.54. The van der Waals surface area contributed by atoms with Gasteiger partial charge in [-0.3, -0.25) is 4.18 Å². The van der Waals surface area contributed by atoms with E-state index < -0.39 is 27.9 Å². The van der Waals surface area contributed by atoms with Crippen LogP contribution in [0.25, 0.3) is 0 Å². The second kappa shape index (κ2) is 14.8. The van der Waals surface area contributed by atoms with Crippen molar-refractivity contribution in [3.63, 3.8) is 0 Å². The highest BCUT2D eigenvalue weighted by Crippen LogP contribution is 2.27. The average molecular weight is 542 g/mol. The van der Waals surface area contributed by atoms with Crippen LogP contribution in [-0.4, -0.2) is 52.4 Å². The van der Waals surface area contributed by atoms with Gasteiger partial charge in [0.05, 0.1) is 38.9 Å². The Kier molecular flexibility index (Phi) is 11.4. The molecule has 204 valence electrons. The molecule has 0 radical (unpaired) electrons. The van der Waals surface area contributed by atoms with Gasteiger partial charge in [-0.2, -0.15) is 8.42 Å². The number of hydrogen-bond acceptors (Lipinski definition) is 8. The molecule has 0 amide bonds. The van der Waals surface area contributed by atoms with E-state index >= 15 is 0 Å². The molecular formula is C29H35NO7S. The first kappa shape index (κ1) is 29.5. The minimum Gasteiger partial charge on any atom is -0.399 e. The Morgan fingerprint density at radius 1 is 0.816 bits per heavy atom. The van der Waals surface area contributed by atoms with Gasteiger partial charge in [-0.05, 0) is 23.6 Å². The molecule has 0 aromatic heterocycles. The average Bonchev–Trinajstić information content (AvgIpc) is 2.92. The third kappa shape index (κ3) is 10.00. The Balaban J connectivity index is 1.92. The van der Waals surface area contributed by atoms with Crippen molar-refractivity contribution in [3.8, 4) is 0 Å². The van der Waals surface area contributed by atoms with Crippen LogP contribution in [0.4, 0.5) is 0 Å². The Morgan fingerprint density at radius 2 is 1.32 bits per heavy atom. The van der Waals surface area contributed by atoms with Crippen LogP contribution in [0.5, 0.6) is 0 Å². The first-order valence-corrected chi connectivity index (χ1v) is 14.0. The first-order valence-electron chi connectivity index (χ1n) is 12.2. The van der Waals surface area contributed by atoms with E-state index in [4.69, 9.17) is 23.2 Å². The second-order valence-electron chi connectivity index (χ2n) is 8.93. The molecule has 8 nitrogen and oxygen atoms in total. The Bertz CT molecular complexity index is 1210. The predicted molar refractivity (Wildman–Crippen MR) is 146 cm³/mol. The van der Waals surface area contributed by atoms with Crippen molar-refractivity contribution in [2.45, 2.75) is 44.6 Å². The van der Waals surface area contributed by atoms with Gasteiger partial charge in [-0.1, -0.05) is 96.2 Å². The number of hydrogen-bond donors (Lipinski definition) is 0. The molecule has 0 heterocycles. The molecule has 0 saturated heterocycles. The van der Waals surface area contributed by atoms with Crippen LogP contribution in [0.2, 0.25) is 0 Å². The van der Waals surface area contributed by atoms with Crippen LogP contribution in [0.15, 0.2) is 96.2 Å². The Morgan fingerprint density at radius 3 is 1.82 bits per heavy atom. The fourth-order valence-corrected chi connectivity index (χ4v) is 4.43. The fraction of sp³-hybridized carbons (Fsp3) is 0.345. The summed E-state index contributed by atoms with van der Waals surface area (Å²) in [6, 6.07) is 28.7. The highest BCUT2D eigenvalue weighted by Gasteiger charge is 2.43. The molecule has 38 heavy (non-hydrogen) atoms. The van der Waals surface area contributed by atoms with Gasteiger partial charge in [0.15, 0.2) is 0 Å². The van der Waals surface area contributed by atoms with Crippen molar-refractivity contribution in [2.75, 3.05) is 20.0 Å². The van der Waals surface area contributed by atoms with Gasteiger partial charge in [-0.25, -0.2) is 0 Å². The van der Waals surface area contributed by atoms with E-state index in [1.807, 2.05) is 91.0 Å². The van der Waals surface area contributed by atoms with E-state index in [-0.39, 0.29) is 26.4 Å². The predicted octanol–water partition coefficient (Wildman–Crippen LogP) is 4.74. The zero-order chi connectivity index (χ0) is 27.3. The van der Waals surface area contributed by atoms with Gasteiger partial charge in [0, 0.05) is 0 Å². The van der Waals surface area contributed by atoms with Gasteiger partial charge >= 0.3 is 0 Å². The fourth-order valence-electron chi connectivity index (χ4n) is 3.82. The topological polar surface area (TPSA) is 92.7 Å². The van der Waals surface area contributed by atoms with Crippen molar-refractivity contribution in [1.82, 2.24) is 0 Å². The summed E-state index contributed by atoms with van der Waals surface area (Å²) < 4.78 is 48.8. The van der Waals surface area contributed by atoms with Crippen molar-refractivity contribution in [3.05, 3.63) is 108 Å². The zero-order valence-corrected chi connectivity index (χ0v) is 22.8. The molecule has 0 aliphatic carbocycles. The van der Waals surface area contributed by atoms with Crippen molar-refractivity contribution >= 4 is 16.3 Å². The number of oxime groups is 1. The smallest absolute Gasteiger partial charge is 0.264 e. The molecule has 0 bridgehead atoms. The maximum Gasteiger partial charge on any atom is 0.264 e. The molecule has 0 aliphatic rings. The molecule has 3 aromatic rings. The SMILES string of the molecule is CON=C[C@](C)(OCc1ccccc1)[C@H](OCc1ccccc1)[C@@H](COCc1ccccc1)OS(C)(=O)=O. The molecule has 3 atom stereocenters. The second-order valence-corrected chi connectivity index (χ2v) is 10.5. The Labute approximate surface area is 225 Å². The van der Waals surface area contributed by atoms with Crippen LogP contribution in [0.3, 0.4) is 0 Å². The van der Waals surface area contributed by atoms with Crippen LogP contribution >= 0.6 is 0 Å². The highest BCUT2D eigenvalue weighted by atomic mass is 32.2. The summed E-state index contributed by atoms with van der Waals surface area (Å²) in [5.74, 6) is 0. The van der Waals surface area contributed by atoms with Crippen molar-refractivity contribution < 1.29 is 31.6 Å². The maximum atomic E-state index is 12.3. The van der Waals surface area contributed by atoms with E-state index in [0.717, 1.165) is 22.9 Å². The molecule has 0 saturated carbocycles.